The summed E-state index contributed by atoms with van der Waals surface area (Å²) < 4.78 is 0. The first-order valence-corrected chi connectivity index (χ1v) is 7.88. The van der Waals surface area contributed by atoms with Crippen LogP contribution in [0.25, 0.3) is 22.3 Å². The molecule has 0 aliphatic heterocycles. The summed E-state index contributed by atoms with van der Waals surface area (Å²) in [7, 11) is 0. The average molecular weight is 282 g/mol. The maximum atomic E-state index is 2.25. The number of benzene rings is 3. The Bertz CT molecular complexity index is 806. The van der Waals surface area contributed by atoms with E-state index in [9.17, 15) is 0 Å². The summed E-state index contributed by atoms with van der Waals surface area (Å²) in [5.41, 5.74) is 9.60. The molecule has 0 unspecified atom stereocenters. The minimum atomic E-state index is 1.03. The van der Waals surface area contributed by atoms with Crippen LogP contribution in [0.4, 0.5) is 0 Å². The zero-order valence-corrected chi connectivity index (χ0v) is 12.7. The van der Waals surface area contributed by atoms with E-state index in [1.807, 2.05) is 0 Å². The lowest BCUT2D eigenvalue weighted by Crippen LogP contribution is -1.90. The fraction of sp³-hybridized carbons (Fsp3) is 0.0909. The van der Waals surface area contributed by atoms with Crippen molar-refractivity contribution in [1.29, 1.82) is 0 Å². The lowest BCUT2D eigenvalue weighted by molar-refractivity contribution is 1.24. The van der Waals surface area contributed by atoms with E-state index in [1.165, 1.54) is 39.0 Å². The quantitative estimate of drug-likeness (QED) is 0.420. The molecular formula is C22H18. The van der Waals surface area contributed by atoms with E-state index >= 15 is 0 Å². The van der Waals surface area contributed by atoms with Crippen LogP contribution in [0.2, 0.25) is 0 Å². The number of hydrogen-bond donors (Lipinski definition) is 0. The lowest BCUT2D eigenvalue weighted by atomic mass is 9.91. The summed E-state index contributed by atoms with van der Waals surface area (Å²) in [6.45, 7) is 2.25. The zero-order valence-electron chi connectivity index (χ0n) is 12.7. The van der Waals surface area contributed by atoms with Gasteiger partial charge >= 0.3 is 0 Å². The number of hydrogen-bond acceptors (Lipinski definition) is 0. The van der Waals surface area contributed by atoms with Crippen LogP contribution in [0.5, 0.6) is 0 Å². The van der Waals surface area contributed by atoms with Gasteiger partial charge in [0.1, 0.15) is 0 Å². The maximum absolute atomic E-state index is 2.25. The first kappa shape index (κ1) is 13.1. The zero-order chi connectivity index (χ0) is 14.9. The van der Waals surface area contributed by atoms with Gasteiger partial charge in [-0.15, -0.1) is 0 Å². The Morgan fingerprint density at radius 1 is 0.591 bits per heavy atom. The molecule has 0 aromatic heterocycles. The van der Waals surface area contributed by atoms with Gasteiger partial charge in [0.25, 0.3) is 0 Å². The van der Waals surface area contributed by atoms with Crippen LogP contribution in [0.1, 0.15) is 30.0 Å². The van der Waals surface area contributed by atoms with Gasteiger partial charge in [0.05, 0.1) is 0 Å². The third kappa shape index (κ3) is 1.92. The van der Waals surface area contributed by atoms with Crippen molar-refractivity contribution in [2.24, 2.45) is 0 Å². The Labute approximate surface area is 131 Å². The van der Waals surface area contributed by atoms with Gasteiger partial charge in [-0.05, 0) is 45.4 Å². The standard InChI is InChI=1S/C22H18/c1-2-17(16-10-4-3-5-11-16)22-20-14-8-6-12-18(20)19-13-7-9-15-21(19)22/h3-15H,2H2,1H3. The normalized spacial score (nSPS) is 12.0. The second-order valence-corrected chi connectivity index (χ2v) is 5.66. The van der Waals surface area contributed by atoms with Crippen molar-refractivity contribution in [3.05, 3.63) is 95.6 Å². The van der Waals surface area contributed by atoms with Gasteiger partial charge in [0.2, 0.25) is 0 Å². The molecule has 3 aromatic carbocycles. The van der Waals surface area contributed by atoms with Crippen molar-refractivity contribution < 1.29 is 0 Å². The molecule has 4 rings (SSSR count). The highest BCUT2D eigenvalue weighted by Crippen LogP contribution is 2.47. The molecule has 1 aliphatic carbocycles. The van der Waals surface area contributed by atoms with Gasteiger partial charge in [-0.2, -0.15) is 0 Å². The van der Waals surface area contributed by atoms with Gasteiger partial charge in [0, 0.05) is 0 Å². The van der Waals surface area contributed by atoms with Crippen LogP contribution in [0, 0.1) is 0 Å². The van der Waals surface area contributed by atoms with Crippen LogP contribution in [-0.2, 0) is 0 Å². The molecule has 0 spiro atoms. The van der Waals surface area contributed by atoms with E-state index in [-0.39, 0.29) is 0 Å². The molecule has 0 atom stereocenters. The molecule has 0 fully saturated rings. The molecule has 0 bridgehead atoms. The summed E-state index contributed by atoms with van der Waals surface area (Å²) in [6.07, 6.45) is 1.03. The van der Waals surface area contributed by atoms with Gasteiger partial charge in [0.15, 0.2) is 0 Å². The SMILES string of the molecule is CCC(=C1c2ccccc2-c2ccccc21)c1ccccc1. The molecular weight excluding hydrogens is 264 g/mol. The third-order valence-electron chi connectivity index (χ3n) is 4.46. The largest absolute Gasteiger partial charge is 0.0622 e. The summed E-state index contributed by atoms with van der Waals surface area (Å²) >= 11 is 0. The van der Waals surface area contributed by atoms with E-state index in [4.69, 9.17) is 0 Å². The first-order valence-electron chi connectivity index (χ1n) is 7.88. The molecule has 0 heterocycles. The van der Waals surface area contributed by atoms with Crippen LogP contribution >= 0.6 is 0 Å². The van der Waals surface area contributed by atoms with Crippen molar-refractivity contribution in [2.75, 3.05) is 0 Å². The molecule has 0 radical (unpaired) electrons. The minimum absolute atomic E-state index is 1.03. The van der Waals surface area contributed by atoms with E-state index in [1.54, 1.807) is 0 Å². The van der Waals surface area contributed by atoms with Gasteiger partial charge in [-0.3, -0.25) is 0 Å². The average Bonchev–Trinajstić information content (AvgIpc) is 2.92. The fourth-order valence-corrected chi connectivity index (χ4v) is 3.51. The monoisotopic (exact) mass is 282 g/mol. The summed E-state index contributed by atoms with van der Waals surface area (Å²) in [5, 5.41) is 0. The Morgan fingerprint density at radius 2 is 1.05 bits per heavy atom. The Kier molecular flexibility index (Phi) is 3.16. The van der Waals surface area contributed by atoms with E-state index in [2.05, 4.69) is 85.8 Å². The molecule has 0 saturated heterocycles. The van der Waals surface area contributed by atoms with E-state index < -0.39 is 0 Å². The molecule has 22 heavy (non-hydrogen) atoms. The molecule has 0 saturated carbocycles. The highest BCUT2D eigenvalue weighted by Gasteiger charge is 2.25. The smallest absolute Gasteiger partial charge is 0.00610 e. The molecule has 0 nitrogen and oxygen atoms in total. The first-order chi connectivity index (χ1) is 10.9. The van der Waals surface area contributed by atoms with Crippen molar-refractivity contribution in [2.45, 2.75) is 13.3 Å². The second kappa shape index (κ2) is 5.31. The molecule has 1 aliphatic rings. The molecule has 0 N–H and O–H groups in total. The van der Waals surface area contributed by atoms with Crippen molar-refractivity contribution in [3.8, 4) is 11.1 Å². The third-order valence-corrected chi connectivity index (χ3v) is 4.46. The summed E-state index contributed by atoms with van der Waals surface area (Å²) in [4.78, 5) is 0. The molecule has 106 valence electrons. The second-order valence-electron chi connectivity index (χ2n) is 5.66. The number of rotatable bonds is 2. The van der Waals surface area contributed by atoms with Crippen LogP contribution in [-0.4, -0.2) is 0 Å². The number of allylic oxidation sites excluding steroid dienone is 1. The van der Waals surface area contributed by atoms with Gasteiger partial charge < -0.3 is 0 Å². The highest BCUT2D eigenvalue weighted by molar-refractivity contribution is 6.10. The number of fused-ring (bicyclic) bond motifs is 3. The minimum Gasteiger partial charge on any atom is -0.0622 e. The van der Waals surface area contributed by atoms with Crippen molar-refractivity contribution in [1.82, 2.24) is 0 Å². The summed E-state index contributed by atoms with van der Waals surface area (Å²) in [6, 6.07) is 28.3. The molecule has 3 aromatic rings. The molecule has 0 amide bonds. The highest BCUT2D eigenvalue weighted by atomic mass is 14.3. The van der Waals surface area contributed by atoms with Crippen LogP contribution in [0.3, 0.4) is 0 Å². The summed E-state index contributed by atoms with van der Waals surface area (Å²) in [5.74, 6) is 0. The maximum Gasteiger partial charge on any atom is -0.00610 e. The fourth-order valence-electron chi connectivity index (χ4n) is 3.51. The van der Waals surface area contributed by atoms with Crippen LogP contribution < -0.4 is 0 Å². The lowest BCUT2D eigenvalue weighted by Gasteiger charge is -2.12. The Hall–Kier alpha value is -2.60. The van der Waals surface area contributed by atoms with Crippen molar-refractivity contribution >= 4 is 11.1 Å². The predicted molar refractivity (Wildman–Crippen MR) is 94.5 cm³/mol. The van der Waals surface area contributed by atoms with Gasteiger partial charge in [-0.25, -0.2) is 0 Å². The molecule has 0 heteroatoms. The Morgan fingerprint density at radius 3 is 1.55 bits per heavy atom. The van der Waals surface area contributed by atoms with E-state index in [0.29, 0.717) is 0 Å². The van der Waals surface area contributed by atoms with Crippen molar-refractivity contribution in [3.63, 3.8) is 0 Å². The topological polar surface area (TPSA) is 0 Å². The van der Waals surface area contributed by atoms with Crippen LogP contribution in [0.15, 0.2) is 78.9 Å². The predicted octanol–water partition coefficient (Wildman–Crippen LogP) is 6.04. The Balaban J connectivity index is 2.08. The van der Waals surface area contributed by atoms with E-state index in [0.717, 1.165) is 6.42 Å². The van der Waals surface area contributed by atoms with Gasteiger partial charge in [-0.1, -0.05) is 85.8 Å².